The van der Waals surface area contributed by atoms with E-state index in [0.29, 0.717) is 61.7 Å². The van der Waals surface area contributed by atoms with Crippen molar-refractivity contribution in [2.45, 2.75) is 12.8 Å². The molecule has 1 aromatic heterocycles. The smallest absolute Gasteiger partial charge is 0.312 e. The van der Waals surface area contributed by atoms with Gasteiger partial charge in [-0.15, -0.1) is 11.3 Å². The van der Waals surface area contributed by atoms with Crippen LogP contribution in [0.1, 0.15) is 22.5 Å². The number of hydrogen-bond acceptors (Lipinski definition) is 6. The second-order valence-electron chi connectivity index (χ2n) is 6.60. The molecule has 0 aromatic carbocycles. The molecule has 10 heteroatoms. The number of piperazine rings is 1. The molecule has 2 saturated heterocycles. The molecule has 3 amide bonds. The normalized spacial score (nSPS) is 17.5. The summed E-state index contributed by atoms with van der Waals surface area (Å²) in [5, 5.41) is 0. The Kier molecular flexibility index (Phi) is 7.03. The van der Waals surface area contributed by atoms with Crippen molar-refractivity contribution >= 4 is 46.4 Å². The van der Waals surface area contributed by atoms with E-state index in [1.807, 2.05) is 0 Å². The van der Waals surface area contributed by atoms with E-state index in [4.69, 9.17) is 16.3 Å². The number of Topliss-reactive ketones (excluding diaryl/α,β-unsaturated/α-hetero) is 1. The fourth-order valence-corrected chi connectivity index (χ4v) is 4.17. The minimum absolute atomic E-state index is 0.102. The fraction of sp³-hybridized carbons (Fsp3) is 0.556. The molecule has 0 spiro atoms. The van der Waals surface area contributed by atoms with Crippen LogP contribution in [0.4, 0.5) is 0 Å². The Balaban J connectivity index is 1.42. The van der Waals surface area contributed by atoms with Crippen molar-refractivity contribution in [2.75, 3.05) is 52.5 Å². The van der Waals surface area contributed by atoms with Crippen LogP contribution in [0.25, 0.3) is 0 Å². The topological polar surface area (TPSA) is 87.2 Å². The van der Waals surface area contributed by atoms with Gasteiger partial charge in [-0.3, -0.25) is 19.2 Å². The first kappa shape index (κ1) is 20.8. The summed E-state index contributed by atoms with van der Waals surface area (Å²) in [5.41, 5.74) is 0. The Hall–Kier alpha value is -1.97. The number of halogens is 1. The Morgan fingerprint density at radius 3 is 2.00 bits per heavy atom. The largest absolute Gasteiger partial charge is 0.378 e. The zero-order valence-corrected chi connectivity index (χ0v) is 17.0. The van der Waals surface area contributed by atoms with Crippen molar-refractivity contribution in [1.82, 2.24) is 14.7 Å². The highest BCUT2D eigenvalue weighted by Crippen LogP contribution is 2.23. The van der Waals surface area contributed by atoms with Crippen LogP contribution in [0.15, 0.2) is 12.1 Å². The number of thiophene rings is 1. The summed E-state index contributed by atoms with van der Waals surface area (Å²) in [6.07, 6.45) is 0.249. The van der Waals surface area contributed by atoms with Crippen LogP contribution >= 0.6 is 22.9 Å². The minimum atomic E-state index is -0.529. The van der Waals surface area contributed by atoms with Gasteiger partial charge in [0.1, 0.15) is 0 Å². The molecule has 152 valence electrons. The lowest BCUT2D eigenvalue weighted by Gasteiger charge is -2.35. The second-order valence-corrected chi connectivity index (χ2v) is 8.32. The van der Waals surface area contributed by atoms with Crippen LogP contribution in [0.5, 0.6) is 0 Å². The van der Waals surface area contributed by atoms with Gasteiger partial charge < -0.3 is 19.4 Å². The molecular weight excluding hydrogens is 406 g/mol. The summed E-state index contributed by atoms with van der Waals surface area (Å²) in [5.74, 6) is -1.26. The Bertz CT molecular complexity index is 754. The highest BCUT2D eigenvalue weighted by molar-refractivity contribution is 7.18. The zero-order chi connectivity index (χ0) is 20.1. The maximum atomic E-state index is 12.4. The summed E-state index contributed by atoms with van der Waals surface area (Å²) in [4.78, 5) is 54.3. The van der Waals surface area contributed by atoms with E-state index in [-0.39, 0.29) is 24.5 Å². The van der Waals surface area contributed by atoms with Gasteiger partial charge in [0.05, 0.1) is 22.4 Å². The van der Waals surface area contributed by atoms with Crippen molar-refractivity contribution in [3.05, 3.63) is 21.3 Å². The third-order valence-corrected chi connectivity index (χ3v) is 6.09. The molecule has 0 N–H and O–H groups in total. The first-order valence-corrected chi connectivity index (χ1v) is 10.4. The lowest BCUT2D eigenvalue weighted by atomic mass is 10.1. The SMILES string of the molecule is O=C(CCC(=O)N1CCN(C(=O)C(=O)N2CCOCC2)CC1)c1ccc(Cl)s1. The van der Waals surface area contributed by atoms with E-state index in [9.17, 15) is 19.2 Å². The molecular formula is C18H22ClN3O5S. The molecule has 2 aliphatic rings. The predicted octanol–water partition coefficient (Wildman–Crippen LogP) is 0.894. The average Bonchev–Trinajstić information content (AvgIpc) is 3.18. The molecule has 0 aliphatic carbocycles. The molecule has 0 atom stereocenters. The van der Waals surface area contributed by atoms with E-state index in [1.54, 1.807) is 17.0 Å². The average molecular weight is 428 g/mol. The number of ether oxygens (including phenoxy) is 1. The van der Waals surface area contributed by atoms with Crippen LogP contribution in [-0.2, 0) is 19.1 Å². The molecule has 8 nitrogen and oxygen atoms in total. The number of amides is 3. The van der Waals surface area contributed by atoms with Crippen LogP contribution in [-0.4, -0.2) is 90.7 Å². The summed E-state index contributed by atoms with van der Waals surface area (Å²) in [6.45, 7) is 3.08. The Labute approximate surface area is 172 Å². The molecule has 3 rings (SSSR count). The van der Waals surface area contributed by atoms with Gasteiger partial charge in [0.15, 0.2) is 5.78 Å². The molecule has 2 fully saturated rings. The molecule has 3 heterocycles. The predicted molar refractivity (Wildman–Crippen MR) is 103 cm³/mol. The van der Waals surface area contributed by atoms with E-state index in [0.717, 1.165) is 0 Å². The lowest BCUT2D eigenvalue weighted by Crippen LogP contribution is -2.55. The number of rotatable bonds is 4. The maximum absolute atomic E-state index is 12.4. The quantitative estimate of drug-likeness (QED) is 0.526. The van der Waals surface area contributed by atoms with Gasteiger partial charge in [0, 0.05) is 52.1 Å². The van der Waals surface area contributed by atoms with Crippen LogP contribution < -0.4 is 0 Å². The van der Waals surface area contributed by atoms with Gasteiger partial charge in [-0.2, -0.15) is 0 Å². The molecule has 0 unspecified atom stereocenters. The fourth-order valence-electron chi connectivity index (χ4n) is 3.16. The van der Waals surface area contributed by atoms with E-state index < -0.39 is 11.8 Å². The number of hydrogen-bond donors (Lipinski definition) is 0. The van der Waals surface area contributed by atoms with Crippen molar-refractivity contribution in [1.29, 1.82) is 0 Å². The van der Waals surface area contributed by atoms with Crippen LogP contribution in [0, 0.1) is 0 Å². The highest BCUT2D eigenvalue weighted by atomic mass is 35.5. The van der Waals surface area contributed by atoms with Crippen LogP contribution in [0.2, 0.25) is 4.34 Å². The number of nitrogens with zero attached hydrogens (tertiary/aromatic N) is 3. The number of ketones is 1. The van der Waals surface area contributed by atoms with Gasteiger partial charge in [0.25, 0.3) is 0 Å². The second kappa shape index (κ2) is 9.49. The first-order valence-electron chi connectivity index (χ1n) is 9.18. The minimum Gasteiger partial charge on any atom is -0.378 e. The van der Waals surface area contributed by atoms with Gasteiger partial charge in [-0.1, -0.05) is 11.6 Å². The van der Waals surface area contributed by atoms with Crippen molar-refractivity contribution in [2.24, 2.45) is 0 Å². The Morgan fingerprint density at radius 1 is 0.857 bits per heavy atom. The third-order valence-electron chi connectivity index (χ3n) is 4.81. The van der Waals surface area contributed by atoms with Crippen molar-refractivity contribution < 1.29 is 23.9 Å². The summed E-state index contributed by atoms with van der Waals surface area (Å²) in [7, 11) is 0. The third kappa shape index (κ3) is 5.09. The molecule has 28 heavy (non-hydrogen) atoms. The van der Waals surface area contributed by atoms with Crippen molar-refractivity contribution in [3.8, 4) is 0 Å². The monoisotopic (exact) mass is 427 g/mol. The Morgan fingerprint density at radius 2 is 1.43 bits per heavy atom. The summed E-state index contributed by atoms with van der Waals surface area (Å²) < 4.78 is 5.74. The molecule has 1 aromatic rings. The summed E-state index contributed by atoms with van der Waals surface area (Å²) >= 11 is 7.03. The van der Waals surface area contributed by atoms with E-state index >= 15 is 0 Å². The highest BCUT2D eigenvalue weighted by Gasteiger charge is 2.31. The number of morpholine rings is 1. The first-order chi connectivity index (χ1) is 13.5. The number of carbonyl (C=O) groups is 4. The maximum Gasteiger partial charge on any atom is 0.312 e. The van der Waals surface area contributed by atoms with Crippen molar-refractivity contribution in [3.63, 3.8) is 0 Å². The van der Waals surface area contributed by atoms with Gasteiger partial charge in [-0.05, 0) is 12.1 Å². The molecule has 2 aliphatic heterocycles. The van der Waals surface area contributed by atoms with Gasteiger partial charge >= 0.3 is 11.8 Å². The summed E-state index contributed by atoms with van der Waals surface area (Å²) in [6, 6.07) is 3.32. The zero-order valence-electron chi connectivity index (χ0n) is 15.4. The van der Waals surface area contributed by atoms with Gasteiger partial charge in [-0.25, -0.2) is 0 Å². The molecule has 0 radical (unpaired) electrons. The molecule has 0 bridgehead atoms. The lowest BCUT2D eigenvalue weighted by molar-refractivity contribution is -0.155. The van der Waals surface area contributed by atoms with Crippen LogP contribution in [0.3, 0.4) is 0 Å². The standard InChI is InChI=1S/C18H22ClN3O5S/c19-15-3-2-14(28-15)13(23)1-4-16(24)20-5-7-21(8-6-20)17(25)18(26)22-9-11-27-12-10-22/h2-3H,1,4-12H2. The number of carbonyl (C=O) groups excluding carboxylic acids is 4. The van der Waals surface area contributed by atoms with E-state index in [2.05, 4.69) is 0 Å². The van der Waals surface area contributed by atoms with E-state index in [1.165, 1.54) is 21.1 Å². The molecule has 0 saturated carbocycles. The van der Waals surface area contributed by atoms with Gasteiger partial charge in [0.2, 0.25) is 5.91 Å².